The maximum Gasteiger partial charge on any atom is 0.442 e. The molecule has 1 heterocycles. The van der Waals surface area contributed by atoms with Gasteiger partial charge in [-0.1, -0.05) is 6.07 Å². The number of halogens is 3. The Hall–Kier alpha value is -1.76. The first-order valence-electron chi connectivity index (χ1n) is 5.30. The van der Waals surface area contributed by atoms with Crippen LogP contribution in [0.2, 0.25) is 0 Å². The average molecular weight is 286 g/mol. The van der Waals surface area contributed by atoms with E-state index in [2.05, 4.69) is 10.3 Å². The van der Waals surface area contributed by atoms with Crippen molar-refractivity contribution < 1.29 is 18.0 Å². The predicted molar refractivity (Wildman–Crippen MR) is 68.9 cm³/mol. The fourth-order valence-electron chi connectivity index (χ4n) is 1.55. The maximum atomic E-state index is 12.0. The average Bonchev–Trinajstić information content (AvgIpc) is 2.36. The molecule has 19 heavy (non-hydrogen) atoms. The highest BCUT2D eigenvalue weighted by Gasteiger charge is 2.29. The van der Waals surface area contributed by atoms with E-state index in [4.69, 9.17) is 0 Å². The van der Waals surface area contributed by atoms with E-state index in [0.717, 1.165) is 0 Å². The Morgan fingerprint density at radius 2 is 2.05 bits per heavy atom. The Morgan fingerprint density at radius 3 is 2.79 bits per heavy atom. The molecule has 0 bridgehead atoms. The molecule has 0 saturated heterocycles. The number of fused-ring (bicyclic) bond motifs is 1. The van der Waals surface area contributed by atoms with Crippen LogP contribution in [-0.2, 0) is 4.79 Å². The van der Waals surface area contributed by atoms with Crippen molar-refractivity contribution in [1.29, 1.82) is 0 Å². The summed E-state index contributed by atoms with van der Waals surface area (Å²) in [7, 11) is 0. The third-order valence-electron chi connectivity index (χ3n) is 2.29. The van der Waals surface area contributed by atoms with E-state index >= 15 is 0 Å². The molecule has 0 radical (unpaired) electrons. The number of carbonyl (C=O) groups excluding carboxylic acids is 1. The zero-order valence-electron chi connectivity index (χ0n) is 9.57. The number of thioether (sulfide) groups is 1. The Morgan fingerprint density at radius 1 is 1.26 bits per heavy atom. The van der Waals surface area contributed by atoms with Gasteiger partial charge in [-0.05, 0) is 36.0 Å². The molecule has 1 N–H and O–H groups in total. The number of hydrogen-bond acceptors (Lipinski definition) is 3. The lowest BCUT2D eigenvalue weighted by atomic mass is 10.2. The summed E-state index contributed by atoms with van der Waals surface area (Å²) in [6.45, 7) is 0. The van der Waals surface area contributed by atoms with Crippen molar-refractivity contribution in [2.45, 2.75) is 5.51 Å². The van der Waals surface area contributed by atoms with E-state index in [1.165, 1.54) is 0 Å². The molecular weight excluding hydrogens is 277 g/mol. The Kier molecular flexibility index (Phi) is 3.94. The lowest BCUT2D eigenvalue weighted by Gasteiger charge is -2.09. The maximum absolute atomic E-state index is 12.0. The first kappa shape index (κ1) is 13.7. The summed E-state index contributed by atoms with van der Waals surface area (Å²) < 4.78 is 35.9. The van der Waals surface area contributed by atoms with Gasteiger partial charge < -0.3 is 5.32 Å². The Balaban J connectivity index is 2.11. The number of alkyl halides is 3. The lowest BCUT2D eigenvalue weighted by Crippen LogP contribution is -2.17. The molecule has 0 aliphatic rings. The van der Waals surface area contributed by atoms with Gasteiger partial charge in [-0.2, -0.15) is 13.2 Å². The Labute approximate surface area is 111 Å². The van der Waals surface area contributed by atoms with E-state index in [9.17, 15) is 18.0 Å². The van der Waals surface area contributed by atoms with Gasteiger partial charge in [0.1, 0.15) is 0 Å². The van der Waals surface area contributed by atoms with E-state index < -0.39 is 17.2 Å². The molecule has 2 rings (SSSR count). The largest absolute Gasteiger partial charge is 0.442 e. The Bertz CT molecular complexity index is 596. The number of pyridine rings is 1. The van der Waals surface area contributed by atoms with Crippen LogP contribution in [0.4, 0.5) is 18.9 Å². The number of benzene rings is 1. The van der Waals surface area contributed by atoms with Gasteiger partial charge >= 0.3 is 5.51 Å². The van der Waals surface area contributed by atoms with Crippen molar-refractivity contribution in [3.05, 3.63) is 36.5 Å². The van der Waals surface area contributed by atoms with Crippen LogP contribution in [0, 0.1) is 0 Å². The van der Waals surface area contributed by atoms with Crippen LogP contribution in [0.3, 0.4) is 0 Å². The van der Waals surface area contributed by atoms with Crippen molar-refractivity contribution in [2.24, 2.45) is 0 Å². The van der Waals surface area contributed by atoms with Gasteiger partial charge in [0.25, 0.3) is 0 Å². The molecule has 0 atom stereocenters. The van der Waals surface area contributed by atoms with Gasteiger partial charge in [0, 0.05) is 11.6 Å². The first-order chi connectivity index (χ1) is 8.96. The molecule has 2 aromatic rings. The zero-order chi connectivity index (χ0) is 13.9. The number of anilines is 1. The van der Waals surface area contributed by atoms with Gasteiger partial charge in [0.05, 0.1) is 17.0 Å². The first-order valence-corrected chi connectivity index (χ1v) is 6.28. The number of nitrogens with one attached hydrogen (secondary N) is 1. The van der Waals surface area contributed by atoms with Crippen LogP contribution in [0.1, 0.15) is 0 Å². The van der Waals surface area contributed by atoms with E-state index in [-0.39, 0.29) is 11.8 Å². The summed E-state index contributed by atoms with van der Waals surface area (Å²) >= 11 is -0.361. The van der Waals surface area contributed by atoms with E-state index in [1.807, 2.05) is 0 Å². The van der Waals surface area contributed by atoms with Crippen LogP contribution in [0.5, 0.6) is 0 Å². The summed E-state index contributed by atoms with van der Waals surface area (Å²) in [4.78, 5) is 15.5. The lowest BCUT2D eigenvalue weighted by molar-refractivity contribution is -0.114. The normalized spacial score (nSPS) is 11.5. The van der Waals surface area contributed by atoms with Crippen molar-refractivity contribution in [1.82, 2.24) is 4.98 Å². The molecule has 7 heteroatoms. The third-order valence-corrected chi connectivity index (χ3v) is 3.02. The van der Waals surface area contributed by atoms with Crippen molar-refractivity contribution in [2.75, 3.05) is 11.1 Å². The highest BCUT2D eigenvalue weighted by Crippen LogP contribution is 2.30. The molecule has 100 valence electrons. The monoisotopic (exact) mass is 286 g/mol. The molecule has 0 aliphatic carbocycles. The van der Waals surface area contributed by atoms with Crippen LogP contribution in [-0.4, -0.2) is 22.2 Å². The summed E-state index contributed by atoms with van der Waals surface area (Å²) in [5.74, 6) is -1.36. The number of carbonyl (C=O) groups is 1. The highest BCUT2D eigenvalue weighted by atomic mass is 32.2. The van der Waals surface area contributed by atoms with Crippen molar-refractivity contribution in [3.8, 4) is 0 Å². The number of hydrogen-bond donors (Lipinski definition) is 1. The van der Waals surface area contributed by atoms with Gasteiger partial charge in [0.2, 0.25) is 5.91 Å². The minimum absolute atomic E-state index is 0.361. The van der Waals surface area contributed by atoms with Gasteiger partial charge in [-0.3, -0.25) is 9.78 Å². The second-order valence-corrected chi connectivity index (χ2v) is 4.70. The minimum atomic E-state index is -4.41. The van der Waals surface area contributed by atoms with Gasteiger partial charge in [0.15, 0.2) is 0 Å². The summed E-state index contributed by atoms with van der Waals surface area (Å²) in [6.07, 6.45) is 1.60. The van der Waals surface area contributed by atoms with E-state index in [1.54, 1.807) is 36.5 Å². The quantitative estimate of drug-likeness (QED) is 0.940. The highest BCUT2D eigenvalue weighted by molar-refractivity contribution is 8.00. The molecule has 0 saturated carbocycles. The van der Waals surface area contributed by atoms with Gasteiger partial charge in [-0.15, -0.1) is 0 Å². The van der Waals surface area contributed by atoms with Crippen LogP contribution >= 0.6 is 11.8 Å². The molecule has 0 unspecified atom stereocenters. The number of amides is 1. The van der Waals surface area contributed by atoms with E-state index in [0.29, 0.717) is 16.6 Å². The van der Waals surface area contributed by atoms with Crippen LogP contribution in [0.25, 0.3) is 10.9 Å². The van der Waals surface area contributed by atoms with Gasteiger partial charge in [-0.25, -0.2) is 0 Å². The van der Waals surface area contributed by atoms with Crippen LogP contribution in [0.15, 0.2) is 36.5 Å². The fourth-order valence-corrected chi connectivity index (χ4v) is 1.91. The second kappa shape index (κ2) is 5.48. The third kappa shape index (κ3) is 3.85. The molecule has 3 nitrogen and oxygen atoms in total. The molecule has 0 aliphatic heterocycles. The molecule has 1 aromatic carbocycles. The van der Waals surface area contributed by atoms with Crippen LogP contribution < -0.4 is 5.32 Å². The summed E-state index contributed by atoms with van der Waals surface area (Å²) in [5, 5.41) is 3.15. The molecule has 0 spiro atoms. The molecule has 0 fully saturated rings. The molecular formula is C12H9F3N2OS. The number of nitrogens with zero attached hydrogens (tertiary/aromatic N) is 1. The molecule has 1 aromatic heterocycles. The topological polar surface area (TPSA) is 42.0 Å². The number of rotatable bonds is 3. The standard InChI is InChI=1S/C12H9F3N2OS/c13-12(14,15)19-7-11(18)17-10-5-1-4-9-8(10)3-2-6-16-9/h1-6H,7H2,(H,17,18). The molecule has 1 amide bonds. The SMILES string of the molecule is O=C(CSC(F)(F)F)Nc1cccc2ncccc12. The number of aromatic nitrogens is 1. The smallest absolute Gasteiger partial charge is 0.325 e. The summed E-state index contributed by atoms with van der Waals surface area (Å²) in [5.41, 5.74) is -3.28. The minimum Gasteiger partial charge on any atom is -0.325 e. The zero-order valence-corrected chi connectivity index (χ0v) is 10.4. The predicted octanol–water partition coefficient (Wildman–Crippen LogP) is 3.43. The second-order valence-electron chi connectivity index (χ2n) is 3.66. The van der Waals surface area contributed by atoms with Crippen molar-refractivity contribution in [3.63, 3.8) is 0 Å². The summed E-state index contributed by atoms with van der Waals surface area (Å²) in [6, 6.07) is 8.51. The fraction of sp³-hybridized carbons (Fsp3) is 0.167. The van der Waals surface area contributed by atoms with Crippen molar-refractivity contribution >= 4 is 34.3 Å².